The van der Waals surface area contributed by atoms with Crippen molar-refractivity contribution in [2.45, 2.75) is 19.4 Å². The summed E-state index contributed by atoms with van der Waals surface area (Å²) in [4.78, 5) is 14.5. The van der Waals surface area contributed by atoms with Gasteiger partial charge in [0, 0.05) is 5.56 Å². The fraction of sp³-hybridized carbons (Fsp3) is 0.278. The van der Waals surface area contributed by atoms with Crippen LogP contribution in [0.15, 0.2) is 54.6 Å². The average molecular weight is 267 g/mol. The summed E-state index contributed by atoms with van der Waals surface area (Å²) in [6, 6.07) is 18.0. The molecule has 0 heterocycles. The number of benzene rings is 2. The summed E-state index contributed by atoms with van der Waals surface area (Å²) in [5.41, 5.74) is 2.56. The van der Waals surface area contributed by atoms with Gasteiger partial charge in [-0.15, -0.1) is 0 Å². The third kappa shape index (κ3) is 2.81. The molecule has 0 N–H and O–H groups in total. The van der Waals surface area contributed by atoms with E-state index in [1.54, 1.807) is 0 Å². The third-order valence-electron chi connectivity index (χ3n) is 3.93. The molecule has 0 aliphatic rings. The first kappa shape index (κ1) is 14.5. The van der Waals surface area contributed by atoms with E-state index >= 15 is 0 Å². The van der Waals surface area contributed by atoms with E-state index in [0.29, 0.717) is 0 Å². The first-order chi connectivity index (χ1) is 9.43. The lowest BCUT2D eigenvalue weighted by molar-refractivity contribution is 0.0755. The Bertz CT molecular complexity index is 583. The molecule has 0 spiro atoms. The van der Waals surface area contributed by atoms with Crippen LogP contribution < -0.4 is 0 Å². The maximum atomic E-state index is 12.5. The molecule has 0 unspecified atom stereocenters. The molecule has 2 nitrogen and oxygen atoms in total. The topological polar surface area (TPSA) is 20.3 Å². The van der Waals surface area contributed by atoms with Gasteiger partial charge in [0.2, 0.25) is 0 Å². The number of ketones is 1. The van der Waals surface area contributed by atoms with Crippen molar-refractivity contribution in [3.05, 3.63) is 60.2 Å². The smallest absolute Gasteiger partial charge is 0.182 e. The maximum Gasteiger partial charge on any atom is 0.182 e. The van der Waals surface area contributed by atoms with Crippen molar-refractivity contribution in [1.82, 2.24) is 4.90 Å². The predicted octanol–water partition coefficient (Wildman–Crippen LogP) is 3.88. The second-order valence-electron chi connectivity index (χ2n) is 5.73. The highest BCUT2D eigenvalue weighted by atomic mass is 16.1. The lowest BCUT2D eigenvalue weighted by Crippen LogP contribution is -2.45. The number of rotatable bonds is 4. The highest BCUT2D eigenvalue weighted by Gasteiger charge is 2.30. The van der Waals surface area contributed by atoms with Gasteiger partial charge in [0.05, 0.1) is 5.54 Å². The van der Waals surface area contributed by atoms with Crippen LogP contribution in [0.25, 0.3) is 11.1 Å². The largest absolute Gasteiger partial charge is 0.297 e. The molecule has 0 atom stereocenters. The Balaban J connectivity index is 2.27. The van der Waals surface area contributed by atoms with E-state index in [9.17, 15) is 4.79 Å². The molecule has 0 bridgehead atoms. The van der Waals surface area contributed by atoms with Gasteiger partial charge < -0.3 is 0 Å². The van der Waals surface area contributed by atoms with Gasteiger partial charge in [0.15, 0.2) is 5.78 Å². The van der Waals surface area contributed by atoms with Gasteiger partial charge in [-0.1, -0.05) is 54.6 Å². The number of carbonyl (C=O) groups excluding carboxylic acids is 1. The molecule has 0 aliphatic carbocycles. The first-order valence-corrected chi connectivity index (χ1v) is 6.80. The normalized spacial score (nSPS) is 11.7. The summed E-state index contributed by atoms with van der Waals surface area (Å²) in [5.74, 6) is 0.141. The SMILES string of the molecule is CN(C)C(C)(C)C(=O)c1ccc(-c2ccccc2)cc1. The fourth-order valence-electron chi connectivity index (χ4n) is 2.00. The summed E-state index contributed by atoms with van der Waals surface area (Å²) in [6.45, 7) is 3.89. The Kier molecular flexibility index (Phi) is 4.05. The zero-order valence-corrected chi connectivity index (χ0v) is 12.6. The second kappa shape index (κ2) is 5.59. The standard InChI is InChI=1S/C18H21NO/c1-18(2,19(3)4)17(20)16-12-10-15(11-13-16)14-8-6-5-7-9-14/h5-13H,1-4H3. The summed E-state index contributed by atoms with van der Waals surface area (Å²) in [5, 5.41) is 0. The first-order valence-electron chi connectivity index (χ1n) is 6.80. The van der Waals surface area contributed by atoms with E-state index in [4.69, 9.17) is 0 Å². The van der Waals surface area contributed by atoms with Crippen molar-refractivity contribution < 1.29 is 4.79 Å². The van der Waals surface area contributed by atoms with Gasteiger partial charge in [0.1, 0.15) is 0 Å². The van der Waals surface area contributed by atoms with Gasteiger partial charge in [-0.2, -0.15) is 0 Å². The van der Waals surface area contributed by atoms with E-state index < -0.39 is 5.54 Å². The van der Waals surface area contributed by atoms with Gasteiger partial charge in [-0.25, -0.2) is 0 Å². The number of nitrogens with zero attached hydrogens (tertiary/aromatic N) is 1. The third-order valence-corrected chi connectivity index (χ3v) is 3.93. The molecule has 2 aromatic carbocycles. The van der Waals surface area contributed by atoms with E-state index in [2.05, 4.69) is 12.1 Å². The van der Waals surface area contributed by atoms with Gasteiger partial charge in [-0.05, 0) is 39.1 Å². The van der Waals surface area contributed by atoms with Crippen LogP contribution in [-0.2, 0) is 0 Å². The molecule has 0 fully saturated rings. The fourth-order valence-corrected chi connectivity index (χ4v) is 2.00. The van der Waals surface area contributed by atoms with Crippen LogP contribution in [0.1, 0.15) is 24.2 Å². The van der Waals surface area contributed by atoms with Crippen LogP contribution in [0.3, 0.4) is 0 Å². The second-order valence-corrected chi connectivity index (χ2v) is 5.73. The monoisotopic (exact) mass is 267 g/mol. The minimum absolute atomic E-state index is 0.141. The molecule has 0 aromatic heterocycles. The molecule has 2 aromatic rings. The maximum absolute atomic E-state index is 12.5. The molecule has 104 valence electrons. The molecule has 2 heteroatoms. The van der Waals surface area contributed by atoms with Crippen LogP contribution in [0.5, 0.6) is 0 Å². The lowest BCUT2D eigenvalue weighted by Gasteiger charge is -2.30. The Morgan fingerprint density at radius 3 is 1.85 bits per heavy atom. The van der Waals surface area contributed by atoms with Gasteiger partial charge in [0.25, 0.3) is 0 Å². The summed E-state index contributed by atoms with van der Waals surface area (Å²) in [6.07, 6.45) is 0. The molecule has 0 radical (unpaired) electrons. The predicted molar refractivity (Wildman–Crippen MR) is 84.0 cm³/mol. The minimum Gasteiger partial charge on any atom is -0.297 e. The highest BCUT2D eigenvalue weighted by molar-refractivity contribution is 6.02. The lowest BCUT2D eigenvalue weighted by atomic mass is 9.91. The number of carbonyl (C=O) groups is 1. The molecular formula is C18H21NO. The number of hydrogen-bond donors (Lipinski definition) is 0. The Labute approximate surface area is 121 Å². The molecule has 0 saturated heterocycles. The molecule has 0 saturated carbocycles. The molecule has 0 amide bonds. The molecule has 20 heavy (non-hydrogen) atoms. The Morgan fingerprint density at radius 2 is 1.35 bits per heavy atom. The minimum atomic E-state index is -0.492. The van der Waals surface area contributed by atoms with Crippen LogP contribution >= 0.6 is 0 Å². The summed E-state index contributed by atoms with van der Waals surface area (Å²) >= 11 is 0. The number of hydrogen-bond acceptors (Lipinski definition) is 2. The van der Waals surface area contributed by atoms with Gasteiger partial charge >= 0.3 is 0 Å². The van der Waals surface area contributed by atoms with Crippen molar-refractivity contribution in [3.63, 3.8) is 0 Å². The van der Waals surface area contributed by atoms with Crippen molar-refractivity contribution in [2.24, 2.45) is 0 Å². The van der Waals surface area contributed by atoms with Crippen molar-refractivity contribution in [1.29, 1.82) is 0 Å². The summed E-state index contributed by atoms with van der Waals surface area (Å²) < 4.78 is 0. The van der Waals surface area contributed by atoms with Crippen LogP contribution in [-0.4, -0.2) is 30.3 Å². The van der Waals surface area contributed by atoms with E-state index in [1.807, 2.05) is 75.3 Å². The average Bonchev–Trinajstić information content (AvgIpc) is 2.47. The van der Waals surface area contributed by atoms with Crippen LogP contribution in [0.2, 0.25) is 0 Å². The van der Waals surface area contributed by atoms with Crippen molar-refractivity contribution in [3.8, 4) is 11.1 Å². The zero-order chi connectivity index (χ0) is 14.8. The van der Waals surface area contributed by atoms with Crippen molar-refractivity contribution in [2.75, 3.05) is 14.1 Å². The quantitative estimate of drug-likeness (QED) is 0.784. The Hall–Kier alpha value is -1.93. The molecule has 2 rings (SSSR count). The van der Waals surface area contributed by atoms with Crippen LogP contribution in [0, 0.1) is 0 Å². The van der Waals surface area contributed by atoms with Crippen LogP contribution in [0.4, 0.5) is 0 Å². The Morgan fingerprint density at radius 1 is 0.850 bits per heavy atom. The van der Waals surface area contributed by atoms with Crippen molar-refractivity contribution >= 4 is 5.78 Å². The van der Waals surface area contributed by atoms with Gasteiger partial charge in [-0.3, -0.25) is 9.69 Å². The highest BCUT2D eigenvalue weighted by Crippen LogP contribution is 2.22. The number of likely N-dealkylation sites (N-methyl/N-ethyl adjacent to an activating group) is 1. The van der Waals surface area contributed by atoms with E-state index in [0.717, 1.165) is 11.1 Å². The summed E-state index contributed by atoms with van der Waals surface area (Å²) in [7, 11) is 3.85. The van der Waals surface area contributed by atoms with E-state index in [-0.39, 0.29) is 5.78 Å². The molecule has 0 aliphatic heterocycles. The number of Topliss-reactive ketones (excluding diaryl/α,β-unsaturated/α-hetero) is 1. The molecular weight excluding hydrogens is 246 g/mol. The zero-order valence-electron chi connectivity index (χ0n) is 12.6. The van der Waals surface area contributed by atoms with E-state index in [1.165, 1.54) is 5.56 Å².